The van der Waals surface area contributed by atoms with E-state index in [1.807, 2.05) is 6.07 Å². The van der Waals surface area contributed by atoms with Crippen molar-refractivity contribution in [1.82, 2.24) is 20.0 Å². The van der Waals surface area contributed by atoms with Crippen LogP contribution >= 0.6 is 0 Å². The van der Waals surface area contributed by atoms with Crippen LogP contribution in [0.3, 0.4) is 0 Å². The number of nitrogens with zero attached hydrogens (tertiary/aromatic N) is 3. The molecule has 1 unspecified atom stereocenters. The van der Waals surface area contributed by atoms with Crippen LogP contribution in [0.25, 0.3) is 0 Å². The van der Waals surface area contributed by atoms with E-state index in [0.717, 1.165) is 38.0 Å². The van der Waals surface area contributed by atoms with E-state index in [2.05, 4.69) is 10.2 Å². The Bertz CT molecular complexity index is 1120. The molecule has 5 aliphatic rings. The van der Waals surface area contributed by atoms with Gasteiger partial charge in [0.15, 0.2) is 5.67 Å². The molecule has 4 fully saturated rings. The van der Waals surface area contributed by atoms with Gasteiger partial charge in [0, 0.05) is 51.3 Å². The van der Waals surface area contributed by atoms with Gasteiger partial charge in [-0.15, -0.1) is 0 Å². The number of hydrogen-bond acceptors (Lipinski definition) is 6. The highest BCUT2D eigenvalue weighted by Crippen LogP contribution is 2.42. The first-order valence-electron chi connectivity index (χ1n) is 13.4. The normalized spacial score (nSPS) is 26.1. The summed E-state index contributed by atoms with van der Waals surface area (Å²) in [6.07, 6.45) is 3.27. The van der Waals surface area contributed by atoms with Crippen molar-refractivity contribution >= 4 is 23.6 Å². The molecule has 1 N–H and O–H groups in total. The molecule has 6 rings (SSSR count). The molecular formula is C27H33FN4O5. The first-order chi connectivity index (χ1) is 17.8. The third-order valence-electron chi connectivity index (χ3n) is 8.72. The largest absolute Gasteiger partial charge is 0.492 e. The van der Waals surface area contributed by atoms with Crippen LogP contribution in [-0.4, -0.2) is 89.4 Å². The fourth-order valence-corrected chi connectivity index (χ4v) is 6.20. The summed E-state index contributed by atoms with van der Waals surface area (Å²) in [5, 5.41) is 2.32. The number of ether oxygens (including phenoxy) is 1. The van der Waals surface area contributed by atoms with Gasteiger partial charge in [0.05, 0.1) is 0 Å². The molecule has 3 saturated heterocycles. The third kappa shape index (κ3) is 4.71. The molecule has 0 spiro atoms. The van der Waals surface area contributed by atoms with Crippen molar-refractivity contribution in [2.24, 2.45) is 11.8 Å². The van der Waals surface area contributed by atoms with Crippen LogP contribution in [0.2, 0.25) is 0 Å². The maximum absolute atomic E-state index is 14.1. The molecule has 9 nitrogen and oxygen atoms in total. The van der Waals surface area contributed by atoms with Crippen molar-refractivity contribution in [2.75, 3.05) is 39.3 Å². The topological polar surface area (TPSA) is 99.3 Å². The highest BCUT2D eigenvalue weighted by atomic mass is 19.1. The smallest absolute Gasteiger partial charge is 0.260 e. The Morgan fingerprint density at radius 3 is 2.54 bits per heavy atom. The van der Waals surface area contributed by atoms with Crippen LogP contribution in [0.15, 0.2) is 18.2 Å². The zero-order chi connectivity index (χ0) is 25.7. The number of likely N-dealkylation sites (tertiary alicyclic amines) is 2. The molecule has 198 valence electrons. The van der Waals surface area contributed by atoms with Crippen LogP contribution in [-0.2, 0) is 20.9 Å². The Labute approximate surface area is 215 Å². The van der Waals surface area contributed by atoms with E-state index in [4.69, 9.17) is 4.74 Å². The molecule has 0 bridgehead atoms. The molecular weight excluding hydrogens is 479 g/mol. The number of fused-ring (bicyclic) bond motifs is 1. The average molecular weight is 513 g/mol. The first kappa shape index (κ1) is 24.3. The minimum absolute atomic E-state index is 0.186. The lowest BCUT2D eigenvalue weighted by Crippen LogP contribution is -2.53. The van der Waals surface area contributed by atoms with E-state index in [1.165, 1.54) is 0 Å². The van der Waals surface area contributed by atoms with Gasteiger partial charge in [-0.1, -0.05) is 0 Å². The number of nitrogens with one attached hydrogen (secondary N) is 1. The van der Waals surface area contributed by atoms with Crippen LogP contribution in [0.5, 0.6) is 5.75 Å². The Morgan fingerprint density at radius 2 is 1.84 bits per heavy atom. The summed E-state index contributed by atoms with van der Waals surface area (Å²) in [4.78, 5) is 54.3. The summed E-state index contributed by atoms with van der Waals surface area (Å²) < 4.78 is 20.0. The number of rotatable bonds is 7. The Morgan fingerprint density at radius 1 is 1.08 bits per heavy atom. The summed E-state index contributed by atoms with van der Waals surface area (Å²) in [6, 6.07) is 4.80. The second-order valence-electron chi connectivity index (χ2n) is 11.2. The first-order valence-corrected chi connectivity index (χ1v) is 13.4. The molecule has 4 heterocycles. The van der Waals surface area contributed by atoms with Gasteiger partial charge in [-0.3, -0.25) is 29.4 Å². The summed E-state index contributed by atoms with van der Waals surface area (Å²) >= 11 is 0. The second-order valence-corrected chi connectivity index (χ2v) is 11.2. The Balaban J connectivity index is 0.928. The quantitative estimate of drug-likeness (QED) is 0.556. The molecule has 1 aliphatic carbocycles. The van der Waals surface area contributed by atoms with Crippen molar-refractivity contribution in [3.05, 3.63) is 29.3 Å². The molecule has 1 aromatic carbocycles. The minimum Gasteiger partial charge on any atom is -0.492 e. The predicted octanol–water partition coefficient (Wildman–Crippen LogP) is 1.50. The van der Waals surface area contributed by atoms with E-state index >= 15 is 0 Å². The Kier molecular flexibility index (Phi) is 6.17. The van der Waals surface area contributed by atoms with Crippen molar-refractivity contribution in [2.45, 2.75) is 56.8 Å². The molecule has 1 saturated carbocycles. The second kappa shape index (κ2) is 9.38. The van der Waals surface area contributed by atoms with Crippen LogP contribution < -0.4 is 10.1 Å². The van der Waals surface area contributed by atoms with Crippen molar-refractivity contribution in [3.63, 3.8) is 0 Å². The lowest BCUT2D eigenvalue weighted by Gasteiger charge is -2.46. The van der Waals surface area contributed by atoms with Gasteiger partial charge < -0.3 is 14.5 Å². The maximum Gasteiger partial charge on any atom is 0.260 e. The number of hydrogen-bond donors (Lipinski definition) is 1. The number of carbonyl (C=O) groups excluding carboxylic acids is 4. The van der Waals surface area contributed by atoms with Crippen LogP contribution in [0.1, 0.15) is 54.4 Å². The van der Waals surface area contributed by atoms with Gasteiger partial charge >= 0.3 is 0 Å². The molecule has 1 atom stereocenters. The number of carbonyl (C=O) groups is 4. The third-order valence-corrected chi connectivity index (χ3v) is 8.72. The van der Waals surface area contributed by atoms with Gasteiger partial charge in [0.1, 0.15) is 18.4 Å². The number of alkyl halides is 1. The lowest BCUT2D eigenvalue weighted by atomic mass is 9.79. The van der Waals surface area contributed by atoms with E-state index in [0.29, 0.717) is 68.7 Å². The molecule has 4 aliphatic heterocycles. The highest BCUT2D eigenvalue weighted by Gasteiger charge is 2.53. The highest BCUT2D eigenvalue weighted by molar-refractivity contribution is 6.05. The SMILES string of the molecule is O=C1CCC(N2Cc3cc(OCCN4CC(C5CCN(C(=O)C6(F)CC6)CC5)C4)ccc3C2=O)C(=O)N1. The van der Waals surface area contributed by atoms with Crippen molar-refractivity contribution < 1.29 is 28.3 Å². The number of amides is 4. The van der Waals surface area contributed by atoms with E-state index in [1.54, 1.807) is 21.9 Å². The molecule has 0 aromatic heterocycles. The van der Waals surface area contributed by atoms with Gasteiger partial charge in [0.25, 0.3) is 11.8 Å². The summed E-state index contributed by atoms with van der Waals surface area (Å²) in [5.41, 5.74) is -0.142. The number of benzene rings is 1. The minimum atomic E-state index is -1.55. The van der Waals surface area contributed by atoms with E-state index < -0.39 is 17.6 Å². The summed E-state index contributed by atoms with van der Waals surface area (Å²) in [5.74, 6) is 0.738. The summed E-state index contributed by atoms with van der Waals surface area (Å²) in [6.45, 7) is 5.09. The van der Waals surface area contributed by atoms with Crippen LogP contribution in [0, 0.1) is 11.8 Å². The lowest BCUT2D eigenvalue weighted by molar-refractivity contribution is -0.140. The van der Waals surface area contributed by atoms with Crippen molar-refractivity contribution in [3.8, 4) is 5.75 Å². The van der Waals surface area contributed by atoms with Crippen molar-refractivity contribution in [1.29, 1.82) is 0 Å². The fourth-order valence-electron chi connectivity index (χ4n) is 6.20. The molecule has 1 aromatic rings. The standard InChI is InChI=1S/C27H33FN4O5/c28-27(7-8-27)26(36)31-9-5-17(6-10-31)19-14-30(15-19)11-12-37-20-1-2-21-18(13-20)16-32(25(21)35)22-3-4-23(33)29-24(22)34/h1-2,13,17,19,22H,3-12,14-16H2,(H,29,33,34). The zero-order valence-corrected chi connectivity index (χ0v) is 20.9. The van der Waals surface area contributed by atoms with Crippen LogP contribution in [0.4, 0.5) is 4.39 Å². The van der Waals surface area contributed by atoms with Gasteiger partial charge in [0.2, 0.25) is 11.8 Å². The number of halogens is 1. The predicted molar refractivity (Wildman–Crippen MR) is 130 cm³/mol. The average Bonchev–Trinajstić information content (AvgIpc) is 3.54. The monoisotopic (exact) mass is 512 g/mol. The number of imide groups is 1. The maximum atomic E-state index is 14.1. The molecule has 0 radical (unpaired) electrons. The fraction of sp³-hybridized carbons (Fsp3) is 0.630. The molecule has 37 heavy (non-hydrogen) atoms. The molecule has 4 amide bonds. The van der Waals surface area contributed by atoms with Gasteiger partial charge in [-0.05, 0) is 67.7 Å². The zero-order valence-electron chi connectivity index (χ0n) is 20.9. The van der Waals surface area contributed by atoms with Gasteiger partial charge in [-0.25, -0.2) is 4.39 Å². The molecule has 10 heteroatoms. The summed E-state index contributed by atoms with van der Waals surface area (Å²) in [7, 11) is 0. The Hall–Kier alpha value is -3.01. The van der Waals surface area contributed by atoms with Gasteiger partial charge in [-0.2, -0.15) is 0 Å². The number of piperidine rings is 2. The van der Waals surface area contributed by atoms with E-state index in [9.17, 15) is 23.6 Å². The van der Waals surface area contributed by atoms with E-state index in [-0.39, 0.29) is 24.1 Å².